The highest BCUT2D eigenvalue weighted by atomic mass is 16.5. The van der Waals surface area contributed by atoms with E-state index >= 15 is 0 Å². The van der Waals surface area contributed by atoms with E-state index in [1.807, 2.05) is 47.5 Å². The van der Waals surface area contributed by atoms with E-state index in [9.17, 15) is 4.79 Å². The van der Waals surface area contributed by atoms with Gasteiger partial charge in [-0.15, -0.1) is 0 Å². The highest BCUT2D eigenvalue weighted by molar-refractivity contribution is 5.77. The van der Waals surface area contributed by atoms with Crippen molar-refractivity contribution in [1.29, 1.82) is 0 Å². The average Bonchev–Trinajstić information content (AvgIpc) is 3.09. The van der Waals surface area contributed by atoms with Crippen molar-refractivity contribution in [2.45, 2.75) is 25.3 Å². The number of aromatic nitrogens is 1. The average molecular weight is 325 g/mol. The molecule has 5 nitrogen and oxygen atoms in total. The van der Waals surface area contributed by atoms with Gasteiger partial charge in [0.1, 0.15) is 5.75 Å². The maximum Gasteiger partial charge on any atom is 0.222 e. The summed E-state index contributed by atoms with van der Waals surface area (Å²) in [7, 11) is 1.65. The number of aryl methyl sites for hydroxylation is 1. The first kappa shape index (κ1) is 16.3. The third-order valence-corrected chi connectivity index (χ3v) is 4.36. The highest BCUT2D eigenvalue weighted by Gasteiger charge is 2.25. The van der Waals surface area contributed by atoms with Crippen LogP contribution in [0.4, 0.5) is 5.69 Å². The van der Waals surface area contributed by atoms with Crippen LogP contribution in [0.15, 0.2) is 48.8 Å². The third-order valence-electron chi connectivity index (χ3n) is 4.36. The summed E-state index contributed by atoms with van der Waals surface area (Å²) in [5.74, 6) is 1.07. The summed E-state index contributed by atoms with van der Waals surface area (Å²) in [6.07, 6.45) is 5.86. The number of rotatable bonds is 6. The van der Waals surface area contributed by atoms with Gasteiger partial charge >= 0.3 is 0 Å². The van der Waals surface area contributed by atoms with Crippen LogP contribution in [0, 0.1) is 0 Å². The van der Waals surface area contributed by atoms with Crippen molar-refractivity contribution in [3.63, 3.8) is 0 Å². The first-order valence-electron chi connectivity index (χ1n) is 8.32. The van der Waals surface area contributed by atoms with Crippen LogP contribution in [0.5, 0.6) is 5.75 Å². The summed E-state index contributed by atoms with van der Waals surface area (Å²) in [6.45, 7) is 1.58. The molecule has 0 spiro atoms. The number of amides is 1. The molecular formula is C19H23N3O2. The van der Waals surface area contributed by atoms with Crippen molar-refractivity contribution in [3.05, 3.63) is 54.4 Å². The Labute approximate surface area is 142 Å². The van der Waals surface area contributed by atoms with Gasteiger partial charge in [-0.2, -0.15) is 0 Å². The van der Waals surface area contributed by atoms with E-state index in [0.29, 0.717) is 12.5 Å². The van der Waals surface area contributed by atoms with Crippen LogP contribution in [0.3, 0.4) is 0 Å². The van der Waals surface area contributed by atoms with E-state index in [0.717, 1.165) is 42.9 Å². The Kier molecular flexibility index (Phi) is 5.31. The van der Waals surface area contributed by atoms with Crippen molar-refractivity contribution < 1.29 is 9.53 Å². The molecule has 2 aromatic rings. The van der Waals surface area contributed by atoms with Crippen LogP contribution in [0.1, 0.15) is 18.4 Å². The Balaban J connectivity index is 1.45. The fourth-order valence-corrected chi connectivity index (χ4v) is 2.99. The molecule has 3 rings (SSSR count). The highest BCUT2D eigenvalue weighted by Crippen LogP contribution is 2.17. The molecule has 1 saturated heterocycles. The molecule has 1 aromatic carbocycles. The van der Waals surface area contributed by atoms with E-state index in [-0.39, 0.29) is 5.91 Å². The molecule has 1 amide bonds. The van der Waals surface area contributed by atoms with E-state index in [1.54, 1.807) is 13.3 Å². The molecule has 126 valence electrons. The fourth-order valence-electron chi connectivity index (χ4n) is 2.99. The van der Waals surface area contributed by atoms with Crippen LogP contribution in [0.2, 0.25) is 0 Å². The van der Waals surface area contributed by atoms with Gasteiger partial charge in [-0.1, -0.05) is 12.1 Å². The minimum absolute atomic E-state index is 0.223. The Hall–Kier alpha value is -2.56. The molecule has 1 aliphatic heterocycles. The Morgan fingerprint density at radius 3 is 2.88 bits per heavy atom. The molecule has 1 aliphatic rings. The van der Waals surface area contributed by atoms with Gasteiger partial charge in [0.15, 0.2) is 0 Å². The summed E-state index contributed by atoms with van der Waals surface area (Å²) in [5.41, 5.74) is 2.17. The number of carbonyl (C=O) groups excluding carboxylic acids is 1. The van der Waals surface area contributed by atoms with Gasteiger partial charge in [0.2, 0.25) is 5.91 Å². The number of benzene rings is 1. The molecule has 1 fully saturated rings. The zero-order valence-electron chi connectivity index (χ0n) is 13.9. The number of hydrogen-bond donors (Lipinski definition) is 1. The lowest BCUT2D eigenvalue weighted by Gasteiger charge is -2.17. The van der Waals surface area contributed by atoms with Crippen molar-refractivity contribution in [3.8, 4) is 5.75 Å². The van der Waals surface area contributed by atoms with Gasteiger partial charge < -0.3 is 15.0 Å². The van der Waals surface area contributed by atoms with Crippen LogP contribution in [0.25, 0.3) is 0 Å². The lowest BCUT2D eigenvalue weighted by Crippen LogP contribution is -2.31. The largest absolute Gasteiger partial charge is 0.497 e. The summed E-state index contributed by atoms with van der Waals surface area (Å²) in [5, 5.41) is 3.44. The van der Waals surface area contributed by atoms with Crippen LogP contribution < -0.4 is 10.1 Å². The molecule has 0 saturated carbocycles. The van der Waals surface area contributed by atoms with Crippen molar-refractivity contribution in [2.75, 3.05) is 25.5 Å². The van der Waals surface area contributed by atoms with Crippen LogP contribution >= 0.6 is 0 Å². The van der Waals surface area contributed by atoms with E-state index in [2.05, 4.69) is 10.3 Å². The molecule has 1 unspecified atom stereocenters. The molecular weight excluding hydrogens is 302 g/mol. The van der Waals surface area contributed by atoms with Crippen molar-refractivity contribution in [2.24, 2.45) is 0 Å². The molecule has 2 heterocycles. The van der Waals surface area contributed by atoms with Crippen molar-refractivity contribution >= 4 is 11.6 Å². The molecule has 1 N–H and O–H groups in total. The third kappa shape index (κ3) is 4.25. The molecule has 5 heteroatoms. The number of ether oxygens (including phenoxy) is 1. The van der Waals surface area contributed by atoms with Gasteiger partial charge in [-0.05, 0) is 42.7 Å². The zero-order chi connectivity index (χ0) is 16.8. The SMILES string of the molecule is COc1ccc(CCC(=O)N2CCC(Nc3cccnc3)C2)cc1. The standard InChI is InChI=1S/C19H23N3O2/c1-24-18-7-4-15(5-8-18)6-9-19(23)22-12-10-17(14-22)21-16-3-2-11-20-13-16/h2-5,7-8,11,13,17,21H,6,9-10,12,14H2,1H3. The number of nitrogens with zero attached hydrogens (tertiary/aromatic N) is 2. The van der Waals surface area contributed by atoms with E-state index < -0.39 is 0 Å². The zero-order valence-corrected chi connectivity index (χ0v) is 13.9. The number of pyridine rings is 1. The summed E-state index contributed by atoms with van der Waals surface area (Å²) in [4.78, 5) is 18.5. The minimum atomic E-state index is 0.223. The monoisotopic (exact) mass is 325 g/mol. The second-order valence-electron chi connectivity index (χ2n) is 6.06. The molecule has 0 radical (unpaired) electrons. The first-order chi connectivity index (χ1) is 11.7. The molecule has 0 bridgehead atoms. The van der Waals surface area contributed by atoms with Gasteiger partial charge in [-0.25, -0.2) is 0 Å². The minimum Gasteiger partial charge on any atom is -0.497 e. The van der Waals surface area contributed by atoms with E-state index in [1.165, 1.54) is 0 Å². The molecule has 0 aliphatic carbocycles. The quantitative estimate of drug-likeness (QED) is 0.887. The lowest BCUT2D eigenvalue weighted by molar-refractivity contribution is -0.130. The predicted octanol–water partition coefficient (Wildman–Crippen LogP) is 2.74. The number of nitrogens with one attached hydrogen (secondary N) is 1. The number of anilines is 1. The number of carbonyl (C=O) groups is 1. The van der Waals surface area contributed by atoms with Gasteiger partial charge in [-0.3, -0.25) is 9.78 Å². The Morgan fingerprint density at radius 1 is 1.33 bits per heavy atom. The van der Waals surface area contributed by atoms with Gasteiger partial charge in [0, 0.05) is 37.9 Å². The van der Waals surface area contributed by atoms with Crippen LogP contribution in [-0.4, -0.2) is 42.0 Å². The lowest BCUT2D eigenvalue weighted by atomic mass is 10.1. The normalized spacial score (nSPS) is 16.9. The summed E-state index contributed by atoms with van der Waals surface area (Å²) in [6, 6.07) is 12.1. The van der Waals surface area contributed by atoms with Gasteiger partial charge in [0.05, 0.1) is 12.8 Å². The maximum atomic E-state index is 12.4. The Bertz CT molecular complexity index is 658. The number of likely N-dealkylation sites (tertiary alicyclic amines) is 1. The summed E-state index contributed by atoms with van der Waals surface area (Å²) < 4.78 is 5.15. The molecule has 24 heavy (non-hydrogen) atoms. The second kappa shape index (κ2) is 7.81. The summed E-state index contributed by atoms with van der Waals surface area (Å²) >= 11 is 0. The first-order valence-corrected chi connectivity index (χ1v) is 8.32. The fraction of sp³-hybridized carbons (Fsp3) is 0.368. The second-order valence-corrected chi connectivity index (χ2v) is 6.06. The predicted molar refractivity (Wildman–Crippen MR) is 94.2 cm³/mol. The number of methoxy groups -OCH3 is 1. The smallest absolute Gasteiger partial charge is 0.222 e. The maximum absolute atomic E-state index is 12.4. The molecule has 1 aromatic heterocycles. The van der Waals surface area contributed by atoms with Crippen LogP contribution in [-0.2, 0) is 11.2 Å². The van der Waals surface area contributed by atoms with E-state index in [4.69, 9.17) is 4.74 Å². The number of hydrogen-bond acceptors (Lipinski definition) is 4. The van der Waals surface area contributed by atoms with Crippen molar-refractivity contribution in [1.82, 2.24) is 9.88 Å². The molecule has 1 atom stereocenters. The topological polar surface area (TPSA) is 54.5 Å². The van der Waals surface area contributed by atoms with Gasteiger partial charge in [0.25, 0.3) is 0 Å². The Morgan fingerprint density at radius 2 is 2.17 bits per heavy atom.